The van der Waals surface area contributed by atoms with Gasteiger partial charge >= 0.3 is 6.09 Å². The Kier molecular flexibility index (Phi) is 3.08. The summed E-state index contributed by atoms with van der Waals surface area (Å²) in [6, 6.07) is 4.50. The molecule has 0 atom stereocenters. The lowest BCUT2D eigenvalue weighted by atomic mass is 10.0. The Morgan fingerprint density at radius 2 is 2.38 bits per heavy atom. The van der Waals surface area contributed by atoms with Crippen LogP contribution in [0, 0.1) is 5.82 Å². The lowest BCUT2D eigenvalue weighted by Crippen LogP contribution is -2.35. The highest BCUT2D eigenvalue weighted by Crippen LogP contribution is 2.28. The topological polar surface area (TPSA) is 29.5 Å². The summed E-state index contributed by atoms with van der Waals surface area (Å²) < 4.78 is 18.0. The Hall–Kier alpha value is -1.58. The van der Waals surface area contributed by atoms with Crippen LogP contribution in [0.2, 0.25) is 0 Å². The molecule has 4 heteroatoms. The summed E-state index contributed by atoms with van der Waals surface area (Å²) in [6.45, 7) is 2.76. The van der Waals surface area contributed by atoms with Gasteiger partial charge in [-0.1, -0.05) is 0 Å². The number of rotatable bonds is 1. The third kappa shape index (κ3) is 2.01. The molecule has 0 saturated heterocycles. The monoisotopic (exact) mass is 223 g/mol. The number of nitrogens with zero attached hydrogens (tertiary/aromatic N) is 1. The van der Waals surface area contributed by atoms with E-state index < -0.39 is 0 Å². The zero-order valence-electron chi connectivity index (χ0n) is 9.20. The highest BCUT2D eigenvalue weighted by atomic mass is 19.1. The van der Waals surface area contributed by atoms with Crippen molar-refractivity contribution >= 4 is 11.8 Å². The lowest BCUT2D eigenvalue weighted by molar-refractivity contribution is 0.159. The minimum Gasteiger partial charge on any atom is -0.449 e. The summed E-state index contributed by atoms with van der Waals surface area (Å²) in [5.74, 6) is -0.260. The second kappa shape index (κ2) is 4.51. The van der Waals surface area contributed by atoms with E-state index in [9.17, 15) is 9.18 Å². The average Bonchev–Trinajstić information content (AvgIpc) is 2.28. The molecule has 1 aliphatic rings. The van der Waals surface area contributed by atoms with Crippen LogP contribution in [0.3, 0.4) is 0 Å². The van der Waals surface area contributed by atoms with Crippen molar-refractivity contribution in [1.29, 1.82) is 0 Å². The van der Waals surface area contributed by atoms with Gasteiger partial charge in [-0.15, -0.1) is 0 Å². The SMILES string of the molecule is CCOC(=O)N1CCCc2cc(F)ccc21. The van der Waals surface area contributed by atoms with Crippen molar-refractivity contribution in [3.8, 4) is 0 Å². The van der Waals surface area contributed by atoms with Gasteiger partial charge in [0.25, 0.3) is 0 Å². The van der Waals surface area contributed by atoms with Crippen molar-refractivity contribution in [3.05, 3.63) is 29.6 Å². The van der Waals surface area contributed by atoms with Gasteiger partial charge in [0.05, 0.1) is 12.3 Å². The van der Waals surface area contributed by atoms with E-state index in [1.165, 1.54) is 12.1 Å². The first kappa shape index (κ1) is 10.9. The molecule has 1 aromatic rings. The van der Waals surface area contributed by atoms with E-state index in [1.54, 1.807) is 17.9 Å². The van der Waals surface area contributed by atoms with E-state index in [1.807, 2.05) is 0 Å². The molecule has 1 aliphatic heterocycles. The van der Waals surface area contributed by atoms with Crippen LogP contribution in [0.1, 0.15) is 18.9 Å². The van der Waals surface area contributed by atoms with Crippen LogP contribution in [0.5, 0.6) is 0 Å². The van der Waals surface area contributed by atoms with E-state index in [0.29, 0.717) is 13.2 Å². The smallest absolute Gasteiger partial charge is 0.414 e. The van der Waals surface area contributed by atoms with Crippen LogP contribution in [0.4, 0.5) is 14.9 Å². The zero-order valence-corrected chi connectivity index (χ0v) is 9.20. The van der Waals surface area contributed by atoms with E-state index in [2.05, 4.69) is 0 Å². The first-order valence-corrected chi connectivity index (χ1v) is 5.45. The van der Waals surface area contributed by atoms with Crippen molar-refractivity contribution in [1.82, 2.24) is 0 Å². The number of benzene rings is 1. The van der Waals surface area contributed by atoms with Crippen molar-refractivity contribution < 1.29 is 13.9 Å². The Morgan fingerprint density at radius 1 is 1.56 bits per heavy atom. The Labute approximate surface area is 93.8 Å². The number of carbonyl (C=O) groups excluding carboxylic acids is 1. The summed E-state index contributed by atoms with van der Waals surface area (Å²) in [5, 5.41) is 0. The molecule has 1 aromatic carbocycles. The first-order chi connectivity index (χ1) is 7.72. The molecule has 1 heterocycles. The predicted molar refractivity (Wildman–Crippen MR) is 59.1 cm³/mol. The number of hydrogen-bond donors (Lipinski definition) is 0. The van der Waals surface area contributed by atoms with Crippen molar-refractivity contribution in [2.75, 3.05) is 18.1 Å². The standard InChI is InChI=1S/C12H14FNO2/c1-2-16-12(15)14-7-3-4-9-8-10(13)5-6-11(9)14/h5-6,8H,2-4,7H2,1H3. The number of hydrogen-bond acceptors (Lipinski definition) is 2. The van der Waals surface area contributed by atoms with Gasteiger partial charge in [-0.05, 0) is 43.5 Å². The summed E-state index contributed by atoms with van der Waals surface area (Å²) in [4.78, 5) is 13.2. The maximum atomic E-state index is 13.0. The fourth-order valence-corrected chi connectivity index (χ4v) is 1.96. The second-order valence-corrected chi connectivity index (χ2v) is 3.73. The van der Waals surface area contributed by atoms with Gasteiger partial charge in [0, 0.05) is 6.54 Å². The Morgan fingerprint density at radius 3 is 3.12 bits per heavy atom. The van der Waals surface area contributed by atoms with E-state index in [4.69, 9.17) is 4.74 Å². The van der Waals surface area contributed by atoms with Gasteiger partial charge in [-0.3, -0.25) is 4.90 Å². The lowest BCUT2D eigenvalue weighted by Gasteiger charge is -2.28. The molecule has 0 spiro atoms. The molecule has 0 saturated carbocycles. The van der Waals surface area contributed by atoms with E-state index in [0.717, 1.165) is 24.1 Å². The molecule has 3 nitrogen and oxygen atoms in total. The van der Waals surface area contributed by atoms with Gasteiger partial charge < -0.3 is 4.74 Å². The van der Waals surface area contributed by atoms with Crippen molar-refractivity contribution in [2.45, 2.75) is 19.8 Å². The van der Waals surface area contributed by atoms with Gasteiger partial charge in [0.15, 0.2) is 0 Å². The van der Waals surface area contributed by atoms with Crippen molar-refractivity contribution in [3.63, 3.8) is 0 Å². The molecule has 0 N–H and O–H groups in total. The van der Waals surface area contributed by atoms with Gasteiger partial charge in [-0.25, -0.2) is 9.18 Å². The summed E-state index contributed by atoms with van der Waals surface area (Å²) >= 11 is 0. The number of anilines is 1. The molecule has 2 rings (SSSR count). The number of ether oxygens (including phenoxy) is 1. The highest BCUT2D eigenvalue weighted by Gasteiger charge is 2.23. The molecular formula is C12H14FNO2. The highest BCUT2D eigenvalue weighted by molar-refractivity contribution is 5.89. The summed E-state index contributed by atoms with van der Waals surface area (Å²) in [5.41, 5.74) is 1.64. The molecular weight excluding hydrogens is 209 g/mol. The number of aryl methyl sites for hydroxylation is 1. The normalized spacial score (nSPS) is 14.5. The largest absolute Gasteiger partial charge is 0.449 e. The van der Waals surface area contributed by atoms with Crippen LogP contribution in [0.25, 0.3) is 0 Å². The minimum atomic E-state index is -0.352. The number of halogens is 1. The number of fused-ring (bicyclic) bond motifs is 1. The molecule has 1 amide bonds. The van der Waals surface area contributed by atoms with E-state index in [-0.39, 0.29) is 11.9 Å². The quantitative estimate of drug-likeness (QED) is 0.732. The van der Waals surface area contributed by atoms with Crippen LogP contribution in [-0.4, -0.2) is 19.2 Å². The summed E-state index contributed by atoms with van der Waals surface area (Å²) in [6.07, 6.45) is 1.30. The van der Waals surface area contributed by atoms with Gasteiger partial charge in [0.1, 0.15) is 5.82 Å². The fraction of sp³-hybridized carbons (Fsp3) is 0.417. The van der Waals surface area contributed by atoms with Crippen molar-refractivity contribution in [2.24, 2.45) is 0 Å². The maximum absolute atomic E-state index is 13.0. The third-order valence-electron chi connectivity index (χ3n) is 2.65. The van der Waals surface area contributed by atoms with Crippen LogP contribution in [0.15, 0.2) is 18.2 Å². The molecule has 16 heavy (non-hydrogen) atoms. The van der Waals surface area contributed by atoms with Gasteiger partial charge in [0.2, 0.25) is 0 Å². The first-order valence-electron chi connectivity index (χ1n) is 5.45. The molecule has 86 valence electrons. The van der Waals surface area contributed by atoms with Crippen LogP contribution in [-0.2, 0) is 11.2 Å². The predicted octanol–water partition coefficient (Wildman–Crippen LogP) is 2.73. The van der Waals surface area contributed by atoms with Crippen LogP contribution < -0.4 is 4.90 Å². The zero-order chi connectivity index (χ0) is 11.5. The number of carbonyl (C=O) groups is 1. The van der Waals surface area contributed by atoms with Gasteiger partial charge in [-0.2, -0.15) is 0 Å². The van der Waals surface area contributed by atoms with Crippen LogP contribution >= 0.6 is 0 Å². The second-order valence-electron chi connectivity index (χ2n) is 3.73. The van der Waals surface area contributed by atoms with E-state index >= 15 is 0 Å². The Bertz CT molecular complexity index is 406. The fourth-order valence-electron chi connectivity index (χ4n) is 1.96. The molecule has 0 aromatic heterocycles. The number of amides is 1. The summed E-state index contributed by atoms with van der Waals surface area (Å²) in [7, 11) is 0. The maximum Gasteiger partial charge on any atom is 0.414 e. The molecule has 0 unspecified atom stereocenters. The average molecular weight is 223 g/mol. The minimum absolute atomic E-state index is 0.260. The molecule has 0 aliphatic carbocycles. The third-order valence-corrected chi connectivity index (χ3v) is 2.65. The molecule has 0 bridgehead atoms. The molecule has 0 radical (unpaired) electrons. The Balaban J connectivity index is 2.29. The molecule has 0 fully saturated rings.